The van der Waals surface area contributed by atoms with Gasteiger partial charge in [-0.3, -0.25) is 19.7 Å². The maximum Gasteiger partial charge on any atom is 0.305 e. The number of hydrogen-bond donors (Lipinski definition) is 3. The van der Waals surface area contributed by atoms with E-state index in [2.05, 4.69) is 16.0 Å². The summed E-state index contributed by atoms with van der Waals surface area (Å²) in [4.78, 5) is 33.6. The summed E-state index contributed by atoms with van der Waals surface area (Å²) in [6.45, 7) is 1.97. The Bertz CT molecular complexity index is 530. The molecule has 0 unspecified atom stereocenters. The fourth-order valence-corrected chi connectivity index (χ4v) is 1.64. The predicted octanol–water partition coefficient (Wildman–Crippen LogP) is 0.502. The van der Waals surface area contributed by atoms with Gasteiger partial charge in [-0.25, -0.2) is 0 Å². The number of benzene rings is 1. The van der Waals surface area contributed by atoms with E-state index in [1.165, 1.54) is 25.2 Å². The molecular formula is C12H16N4O4. The maximum atomic E-state index is 11.9. The highest BCUT2D eigenvalue weighted by atomic mass is 16.6. The predicted molar refractivity (Wildman–Crippen MR) is 73.7 cm³/mol. The summed E-state index contributed by atoms with van der Waals surface area (Å²) in [6, 6.07) is 4.37. The van der Waals surface area contributed by atoms with E-state index in [0.717, 1.165) is 0 Å². The number of para-hydroxylation sites is 1. The molecule has 0 aliphatic carbocycles. The summed E-state index contributed by atoms with van der Waals surface area (Å²) in [5, 5.41) is 18.6. The van der Waals surface area contributed by atoms with Crippen molar-refractivity contribution in [2.75, 3.05) is 25.5 Å². The second-order valence-corrected chi connectivity index (χ2v) is 3.85. The molecule has 20 heavy (non-hydrogen) atoms. The lowest BCUT2D eigenvalue weighted by atomic mass is 10.1. The molecule has 0 aromatic heterocycles. The molecule has 8 nitrogen and oxygen atoms in total. The van der Waals surface area contributed by atoms with Crippen LogP contribution in [0.4, 0.5) is 11.4 Å². The summed E-state index contributed by atoms with van der Waals surface area (Å²) in [5.74, 6) is -1.02. The number of likely N-dealkylation sites (N-methyl/N-ethyl adjacent to an activating group) is 1. The van der Waals surface area contributed by atoms with Crippen molar-refractivity contribution in [2.24, 2.45) is 0 Å². The van der Waals surface area contributed by atoms with E-state index >= 15 is 0 Å². The molecular weight excluding hydrogens is 264 g/mol. The molecule has 0 saturated carbocycles. The van der Waals surface area contributed by atoms with Crippen LogP contribution in [0.5, 0.6) is 0 Å². The third-order valence-electron chi connectivity index (χ3n) is 2.52. The molecule has 0 spiro atoms. The number of carbonyl (C=O) groups excluding carboxylic acids is 2. The van der Waals surface area contributed by atoms with Crippen LogP contribution in [0.1, 0.15) is 17.3 Å². The third kappa shape index (κ3) is 3.67. The van der Waals surface area contributed by atoms with E-state index in [9.17, 15) is 19.7 Å². The number of rotatable bonds is 6. The summed E-state index contributed by atoms with van der Waals surface area (Å²) >= 11 is 0. The van der Waals surface area contributed by atoms with Crippen molar-refractivity contribution in [2.45, 2.75) is 6.92 Å². The Morgan fingerprint density at radius 2 is 2.00 bits per heavy atom. The van der Waals surface area contributed by atoms with Crippen LogP contribution in [0.3, 0.4) is 0 Å². The highest BCUT2D eigenvalue weighted by Crippen LogP contribution is 2.27. The number of nitrogens with zero attached hydrogens (tertiary/aromatic N) is 1. The van der Waals surface area contributed by atoms with Gasteiger partial charge in [0.1, 0.15) is 11.3 Å². The number of hydrogen-bond acceptors (Lipinski definition) is 5. The second kappa shape index (κ2) is 7.07. The molecule has 3 N–H and O–H groups in total. The van der Waals surface area contributed by atoms with Gasteiger partial charge in [-0.05, 0) is 19.1 Å². The van der Waals surface area contributed by atoms with Crippen LogP contribution < -0.4 is 16.0 Å². The molecule has 1 aromatic rings. The molecule has 0 saturated heterocycles. The van der Waals surface area contributed by atoms with Crippen LogP contribution in [-0.4, -0.2) is 36.9 Å². The first-order valence-corrected chi connectivity index (χ1v) is 6.01. The molecule has 0 fully saturated rings. The Morgan fingerprint density at radius 1 is 1.30 bits per heavy atom. The summed E-state index contributed by atoms with van der Waals surface area (Å²) < 4.78 is 0. The van der Waals surface area contributed by atoms with E-state index < -0.39 is 10.8 Å². The van der Waals surface area contributed by atoms with Gasteiger partial charge in [-0.1, -0.05) is 6.07 Å². The molecule has 0 aliphatic heterocycles. The van der Waals surface area contributed by atoms with E-state index in [4.69, 9.17) is 0 Å². The zero-order valence-electron chi connectivity index (χ0n) is 11.2. The van der Waals surface area contributed by atoms with E-state index in [1.54, 1.807) is 6.92 Å². The molecule has 0 aliphatic rings. The number of carbonyl (C=O) groups is 2. The van der Waals surface area contributed by atoms with Crippen LogP contribution in [0.15, 0.2) is 18.2 Å². The van der Waals surface area contributed by atoms with Gasteiger partial charge in [0.15, 0.2) is 0 Å². The number of amides is 2. The normalized spacial score (nSPS) is 9.70. The minimum absolute atomic E-state index is 0.0915. The molecule has 2 amide bonds. The maximum absolute atomic E-state index is 11.9. The number of nitro benzene ring substituents is 1. The van der Waals surface area contributed by atoms with Crippen LogP contribution in [0.25, 0.3) is 0 Å². The van der Waals surface area contributed by atoms with Crippen LogP contribution in [-0.2, 0) is 4.79 Å². The molecule has 0 atom stereocenters. The Balaban J connectivity index is 2.93. The molecule has 1 aromatic carbocycles. The van der Waals surface area contributed by atoms with E-state index in [-0.39, 0.29) is 29.4 Å². The van der Waals surface area contributed by atoms with Gasteiger partial charge in [0.05, 0.1) is 11.5 Å². The Kier molecular flexibility index (Phi) is 5.45. The van der Waals surface area contributed by atoms with E-state index in [1.807, 2.05) is 0 Å². The van der Waals surface area contributed by atoms with Crippen molar-refractivity contribution in [1.29, 1.82) is 0 Å². The fraction of sp³-hybridized carbons (Fsp3) is 0.333. The highest BCUT2D eigenvalue weighted by molar-refractivity contribution is 6.01. The standard InChI is InChI=1S/C12H16N4O4/c1-3-14-10(17)7-15-12(18)8-5-4-6-9(13-2)11(8)16(19)20/h4-6,13H,3,7H2,1-2H3,(H,14,17)(H,15,18). The van der Waals surface area contributed by atoms with Crippen molar-refractivity contribution >= 4 is 23.2 Å². The number of anilines is 1. The van der Waals surface area contributed by atoms with Gasteiger partial charge in [0, 0.05) is 13.6 Å². The van der Waals surface area contributed by atoms with Crippen LogP contribution in [0, 0.1) is 10.1 Å². The summed E-state index contributed by atoms with van der Waals surface area (Å²) in [6.07, 6.45) is 0. The van der Waals surface area contributed by atoms with Gasteiger partial charge >= 0.3 is 5.69 Å². The second-order valence-electron chi connectivity index (χ2n) is 3.85. The zero-order chi connectivity index (χ0) is 15.1. The Morgan fingerprint density at radius 3 is 2.55 bits per heavy atom. The average Bonchev–Trinajstić information content (AvgIpc) is 2.43. The van der Waals surface area contributed by atoms with Gasteiger partial charge in [-0.15, -0.1) is 0 Å². The van der Waals surface area contributed by atoms with Crippen molar-refractivity contribution in [1.82, 2.24) is 10.6 Å². The molecule has 8 heteroatoms. The van der Waals surface area contributed by atoms with Crippen molar-refractivity contribution in [3.63, 3.8) is 0 Å². The first-order valence-electron chi connectivity index (χ1n) is 6.01. The quantitative estimate of drug-likeness (QED) is 0.519. The Labute approximate surface area is 115 Å². The monoisotopic (exact) mass is 280 g/mol. The van der Waals surface area contributed by atoms with Gasteiger partial charge < -0.3 is 16.0 Å². The molecule has 0 bridgehead atoms. The molecule has 108 valence electrons. The van der Waals surface area contributed by atoms with Gasteiger partial charge in [0.25, 0.3) is 5.91 Å². The van der Waals surface area contributed by atoms with Crippen molar-refractivity contribution in [3.8, 4) is 0 Å². The smallest absolute Gasteiger partial charge is 0.305 e. The lowest BCUT2D eigenvalue weighted by molar-refractivity contribution is -0.384. The number of nitrogens with one attached hydrogen (secondary N) is 3. The molecule has 0 heterocycles. The summed E-state index contributed by atoms with van der Waals surface area (Å²) in [5.41, 5.74) is -0.171. The third-order valence-corrected chi connectivity index (χ3v) is 2.52. The lowest BCUT2D eigenvalue weighted by Gasteiger charge is -2.08. The van der Waals surface area contributed by atoms with Crippen molar-refractivity contribution in [3.05, 3.63) is 33.9 Å². The first kappa shape index (κ1) is 15.4. The lowest BCUT2D eigenvalue weighted by Crippen LogP contribution is -2.37. The van der Waals surface area contributed by atoms with E-state index in [0.29, 0.717) is 6.54 Å². The van der Waals surface area contributed by atoms with Crippen LogP contribution in [0.2, 0.25) is 0 Å². The highest BCUT2D eigenvalue weighted by Gasteiger charge is 2.24. The number of nitro groups is 1. The fourth-order valence-electron chi connectivity index (χ4n) is 1.64. The molecule has 1 rings (SSSR count). The zero-order valence-corrected chi connectivity index (χ0v) is 11.2. The Hall–Kier alpha value is -2.64. The SMILES string of the molecule is CCNC(=O)CNC(=O)c1cccc(NC)c1[N+](=O)[O-]. The first-order chi connectivity index (χ1) is 9.51. The topological polar surface area (TPSA) is 113 Å². The molecule has 0 radical (unpaired) electrons. The summed E-state index contributed by atoms with van der Waals surface area (Å²) in [7, 11) is 1.53. The van der Waals surface area contributed by atoms with Gasteiger partial charge in [-0.2, -0.15) is 0 Å². The average molecular weight is 280 g/mol. The van der Waals surface area contributed by atoms with Crippen LogP contribution >= 0.6 is 0 Å². The minimum atomic E-state index is -0.667. The van der Waals surface area contributed by atoms with Gasteiger partial charge in [0.2, 0.25) is 5.91 Å². The minimum Gasteiger partial charge on any atom is -0.383 e. The van der Waals surface area contributed by atoms with Crippen molar-refractivity contribution < 1.29 is 14.5 Å². The largest absolute Gasteiger partial charge is 0.383 e.